The van der Waals surface area contributed by atoms with Crippen molar-refractivity contribution in [1.82, 2.24) is 15.2 Å². The van der Waals surface area contributed by atoms with Gasteiger partial charge in [-0.3, -0.25) is 19.3 Å². The van der Waals surface area contributed by atoms with E-state index in [0.717, 1.165) is 15.8 Å². The average molecular weight is 428 g/mol. The highest BCUT2D eigenvalue weighted by atomic mass is 35.5. The van der Waals surface area contributed by atoms with Gasteiger partial charge in [-0.05, 0) is 30.7 Å². The van der Waals surface area contributed by atoms with Crippen molar-refractivity contribution < 1.29 is 14.4 Å². The number of para-hydroxylation sites is 1. The van der Waals surface area contributed by atoms with Gasteiger partial charge in [0.2, 0.25) is 11.8 Å². The standard InChI is InChI=1S/C21H18ClN3O3S/c22-18-7-6-17(29-18)16-12-14(13-4-1-2-5-15(13)24-16)21(28)23-10-3-11-25-19(26)8-9-20(25)27/h1-2,4-7,12H,3,8-11H2,(H,23,28). The van der Waals surface area contributed by atoms with Crippen LogP contribution in [-0.4, -0.2) is 40.7 Å². The minimum Gasteiger partial charge on any atom is -0.352 e. The quantitative estimate of drug-likeness (QED) is 0.478. The molecule has 1 fully saturated rings. The van der Waals surface area contributed by atoms with Crippen molar-refractivity contribution in [3.05, 3.63) is 52.4 Å². The Morgan fingerprint density at radius 2 is 1.90 bits per heavy atom. The Balaban J connectivity index is 1.50. The van der Waals surface area contributed by atoms with Crippen LogP contribution < -0.4 is 5.32 Å². The lowest BCUT2D eigenvalue weighted by atomic mass is 10.1. The van der Waals surface area contributed by atoms with E-state index in [4.69, 9.17) is 11.6 Å². The normalized spacial score (nSPS) is 14.0. The van der Waals surface area contributed by atoms with Crippen LogP contribution in [-0.2, 0) is 9.59 Å². The van der Waals surface area contributed by atoms with Crippen molar-refractivity contribution in [2.75, 3.05) is 13.1 Å². The smallest absolute Gasteiger partial charge is 0.252 e. The monoisotopic (exact) mass is 427 g/mol. The van der Waals surface area contributed by atoms with Crippen molar-refractivity contribution in [1.29, 1.82) is 0 Å². The predicted molar refractivity (Wildman–Crippen MR) is 113 cm³/mol. The number of fused-ring (bicyclic) bond motifs is 1. The largest absolute Gasteiger partial charge is 0.352 e. The number of hydrogen-bond donors (Lipinski definition) is 1. The molecule has 0 unspecified atom stereocenters. The molecule has 0 bridgehead atoms. The molecule has 1 N–H and O–H groups in total. The van der Waals surface area contributed by atoms with Crippen LogP contribution in [0.4, 0.5) is 0 Å². The SMILES string of the molecule is O=C(NCCCN1C(=O)CCC1=O)c1cc(-c2ccc(Cl)s2)nc2ccccc12. The van der Waals surface area contributed by atoms with E-state index in [1.54, 1.807) is 12.1 Å². The van der Waals surface area contributed by atoms with E-state index in [0.29, 0.717) is 35.1 Å². The third kappa shape index (κ3) is 4.16. The Labute approximate surface area is 176 Å². The second kappa shape index (κ2) is 8.31. The lowest BCUT2D eigenvalue weighted by Crippen LogP contribution is -2.33. The minimum atomic E-state index is -0.216. The highest BCUT2D eigenvalue weighted by molar-refractivity contribution is 7.19. The Bertz CT molecular complexity index is 1100. The van der Waals surface area contributed by atoms with Crippen LogP contribution in [0.3, 0.4) is 0 Å². The molecule has 6 nitrogen and oxygen atoms in total. The fourth-order valence-corrected chi connectivity index (χ4v) is 4.35. The van der Waals surface area contributed by atoms with Crippen LogP contribution in [0.5, 0.6) is 0 Å². The van der Waals surface area contributed by atoms with Gasteiger partial charge in [0.15, 0.2) is 0 Å². The number of halogens is 1. The minimum absolute atomic E-state index is 0.138. The number of imide groups is 1. The average Bonchev–Trinajstić information content (AvgIpc) is 3.30. The highest BCUT2D eigenvalue weighted by Gasteiger charge is 2.28. The molecule has 0 radical (unpaired) electrons. The van der Waals surface area contributed by atoms with Gasteiger partial charge in [0.1, 0.15) is 0 Å². The summed E-state index contributed by atoms with van der Waals surface area (Å²) in [5, 5.41) is 3.66. The molecule has 0 aliphatic carbocycles. The van der Waals surface area contributed by atoms with Crippen molar-refractivity contribution >= 4 is 51.6 Å². The number of nitrogens with one attached hydrogen (secondary N) is 1. The molecule has 0 spiro atoms. The number of carbonyl (C=O) groups excluding carboxylic acids is 3. The number of pyridine rings is 1. The molecule has 2 aromatic heterocycles. The summed E-state index contributed by atoms with van der Waals surface area (Å²) in [6, 6.07) is 12.9. The zero-order valence-electron chi connectivity index (χ0n) is 15.5. The maximum Gasteiger partial charge on any atom is 0.252 e. The molecular weight excluding hydrogens is 410 g/mol. The molecule has 3 aromatic rings. The van der Waals surface area contributed by atoms with Crippen LogP contribution in [0.1, 0.15) is 29.6 Å². The maximum atomic E-state index is 12.9. The number of aromatic nitrogens is 1. The summed E-state index contributed by atoms with van der Waals surface area (Å²) >= 11 is 7.46. The Morgan fingerprint density at radius 1 is 1.14 bits per heavy atom. The molecule has 0 saturated carbocycles. The molecular formula is C21H18ClN3O3S. The predicted octanol–water partition coefficient (Wildman–Crippen LogP) is 3.89. The number of carbonyl (C=O) groups is 3. The number of nitrogens with zero attached hydrogens (tertiary/aromatic N) is 2. The first-order valence-corrected chi connectivity index (χ1v) is 10.5. The second-order valence-corrected chi connectivity index (χ2v) is 8.44. The lowest BCUT2D eigenvalue weighted by Gasteiger charge is -2.14. The summed E-state index contributed by atoms with van der Waals surface area (Å²) in [6.45, 7) is 0.695. The number of rotatable bonds is 6. The second-order valence-electron chi connectivity index (χ2n) is 6.72. The summed E-state index contributed by atoms with van der Waals surface area (Å²) in [5.74, 6) is -0.493. The van der Waals surface area contributed by atoms with Gasteiger partial charge < -0.3 is 5.32 Å². The van der Waals surface area contributed by atoms with Gasteiger partial charge >= 0.3 is 0 Å². The zero-order valence-corrected chi connectivity index (χ0v) is 17.1. The van der Waals surface area contributed by atoms with Gasteiger partial charge in [-0.15, -0.1) is 11.3 Å². The van der Waals surface area contributed by atoms with Crippen LogP contribution >= 0.6 is 22.9 Å². The fourth-order valence-electron chi connectivity index (χ4n) is 3.35. The van der Waals surface area contributed by atoms with E-state index in [9.17, 15) is 14.4 Å². The number of benzene rings is 1. The summed E-state index contributed by atoms with van der Waals surface area (Å²) in [4.78, 5) is 43.0. The molecule has 4 rings (SSSR count). The number of thiophene rings is 1. The van der Waals surface area contributed by atoms with E-state index >= 15 is 0 Å². The van der Waals surface area contributed by atoms with Gasteiger partial charge in [-0.2, -0.15) is 0 Å². The van der Waals surface area contributed by atoms with E-state index in [1.165, 1.54) is 16.2 Å². The zero-order chi connectivity index (χ0) is 20.4. The van der Waals surface area contributed by atoms with E-state index in [2.05, 4.69) is 10.3 Å². The van der Waals surface area contributed by atoms with Gasteiger partial charge in [-0.1, -0.05) is 29.8 Å². The highest BCUT2D eigenvalue weighted by Crippen LogP contribution is 2.32. The molecule has 1 aliphatic heterocycles. The molecule has 1 aliphatic rings. The van der Waals surface area contributed by atoms with E-state index < -0.39 is 0 Å². The van der Waals surface area contributed by atoms with E-state index in [-0.39, 0.29) is 30.6 Å². The molecule has 29 heavy (non-hydrogen) atoms. The van der Waals surface area contributed by atoms with Crippen molar-refractivity contribution in [3.63, 3.8) is 0 Å². The molecule has 1 saturated heterocycles. The molecule has 3 heterocycles. The third-order valence-corrected chi connectivity index (χ3v) is 6.04. The Kier molecular flexibility index (Phi) is 5.60. The molecule has 3 amide bonds. The summed E-state index contributed by atoms with van der Waals surface area (Å²) in [6.07, 6.45) is 1.08. The first-order chi connectivity index (χ1) is 14.0. The third-order valence-electron chi connectivity index (χ3n) is 4.79. The van der Waals surface area contributed by atoms with Crippen molar-refractivity contribution in [3.8, 4) is 10.6 Å². The number of likely N-dealkylation sites (tertiary alicyclic amines) is 1. The first kappa shape index (κ1) is 19.5. The van der Waals surface area contributed by atoms with Gasteiger partial charge in [0, 0.05) is 31.3 Å². The lowest BCUT2D eigenvalue weighted by molar-refractivity contribution is -0.138. The van der Waals surface area contributed by atoms with Crippen molar-refractivity contribution in [2.45, 2.75) is 19.3 Å². The molecule has 148 valence electrons. The Morgan fingerprint density at radius 3 is 2.62 bits per heavy atom. The van der Waals surface area contributed by atoms with Gasteiger partial charge in [0.25, 0.3) is 5.91 Å². The van der Waals surface area contributed by atoms with Crippen LogP contribution in [0, 0.1) is 0 Å². The Hall–Kier alpha value is -2.77. The first-order valence-electron chi connectivity index (χ1n) is 9.30. The van der Waals surface area contributed by atoms with Crippen LogP contribution in [0.2, 0.25) is 4.34 Å². The summed E-state index contributed by atoms with van der Waals surface area (Å²) in [5.41, 5.74) is 1.95. The van der Waals surface area contributed by atoms with Crippen molar-refractivity contribution in [2.24, 2.45) is 0 Å². The fraction of sp³-hybridized carbons (Fsp3) is 0.238. The molecule has 1 aromatic carbocycles. The van der Waals surface area contributed by atoms with Crippen LogP contribution in [0.15, 0.2) is 42.5 Å². The van der Waals surface area contributed by atoms with Crippen LogP contribution in [0.25, 0.3) is 21.5 Å². The van der Waals surface area contributed by atoms with E-state index in [1.807, 2.05) is 30.3 Å². The maximum absolute atomic E-state index is 12.9. The molecule has 0 atom stereocenters. The molecule has 8 heteroatoms. The van der Waals surface area contributed by atoms with Gasteiger partial charge in [-0.25, -0.2) is 4.98 Å². The van der Waals surface area contributed by atoms with Gasteiger partial charge in [0.05, 0.1) is 26.0 Å². The number of amides is 3. The summed E-state index contributed by atoms with van der Waals surface area (Å²) in [7, 11) is 0. The number of hydrogen-bond acceptors (Lipinski definition) is 5. The summed E-state index contributed by atoms with van der Waals surface area (Å²) < 4.78 is 0.659. The topological polar surface area (TPSA) is 79.4 Å².